The van der Waals surface area contributed by atoms with E-state index in [2.05, 4.69) is 5.16 Å². The van der Waals surface area contributed by atoms with E-state index in [9.17, 15) is 9.59 Å². The number of anilines is 1. The van der Waals surface area contributed by atoms with Crippen molar-refractivity contribution >= 4 is 17.6 Å². The van der Waals surface area contributed by atoms with E-state index in [1.807, 2.05) is 0 Å². The first-order valence-electron chi connectivity index (χ1n) is 6.17. The average Bonchev–Trinajstić information content (AvgIpc) is 3.03. The smallest absolute Gasteiger partial charge is 0.335 e. The number of carbonyl (C=O) groups is 2. The van der Waals surface area contributed by atoms with Crippen LogP contribution in [0.2, 0.25) is 0 Å². The van der Waals surface area contributed by atoms with Gasteiger partial charge in [0, 0.05) is 18.3 Å². The Morgan fingerprint density at radius 3 is 2.80 bits per heavy atom. The second-order valence-electron chi connectivity index (χ2n) is 4.69. The highest BCUT2D eigenvalue weighted by molar-refractivity contribution is 6.05. The van der Waals surface area contributed by atoms with Gasteiger partial charge in [-0.3, -0.25) is 4.79 Å². The van der Waals surface area contributed by atoms with Crippen LogP contribution >= 0.6 is 0 Å². The number of rotatable bonds is 2. The molecule has 0 saturated heterocycles. The molecule has 2 aromatic rings. The monoisotopic (exact) mass is 272 g/mol. The first-order chi connectivity index (χ1) is 9.56. The lowest BCUT2D eigenvalue weighted by molar-refractivity contribution is 0.0696. The molecule has 0 aliphatic carbocycles. The number of aromatic carboxylic acids is 1. The van der Waals surface area contributed by atoms with Gasteiger partial charge in [0.1, 0.15) is 0 Å². The molecule has 6 heteroatoms. The zero-order valence-corrected chi connectivity index (χ0v) is 10.8. The fourth-order valence-corrected chi connectivity index (χ4v) is 2.34. The van der Waals surface area contributed by atoms with Crippen LogP contribution in [0, 0.1) is 6.92 Å². The molecular formula is C14H12N2O4. The summed E-state index contributed by atoms with van der Waals surface area (Å²) in [6.45, 7) is 2.26. The summed E-state index contributed by atoms with van der Waals surface area (Å²) < 4.78 is 4.98. The summed E-state index contributed by atoms with van der Waals surface area (Å²) in [6, 6.07) is 6.36. The van der Waals surface area contributed by atoms with E-state index >= 15 is 0 Å². The number of aromatic nitrogens is 1. The van der Waals surface area contributed by atoms with E-state index in [0.29, 0.717) is 18.7 Å². The molecule has 1 aromatic heterocycles. The largest absolute Gasteiger partial charge is 0.478 e. The van der Waals surface area contributed by atoms with Crippen molar-refractivity contribution in [3.63, 3.8) is 0 Å². The summed E-state index contributed by atoms with van der Waals surface area (Å²) in [7, 11) is 0. The summed E-state index contributed by atoms with van der Waals surface area (Å²) in [4.78, 5) is 24.8. The van der Waals surface area contributed by atoms with E-state index in [4.69, 9.17) is 9.63 Å². The molecule has 0 fully saturated rings. The van der Waals surface area contributed by atoms with E-state index in [0.717, 1.165) is 11.3 Å². The Morgan fingerprint density at radius 2 is 2.15 bits per heavy atom. The molecule has 102 valence electrons. The fourth-order valence-electron chi connectivity index (χ4n) is 2.34. The standard InChI is InChI=1S/C14H12N2O4/c1-8-6-12(20-15-8)13(17)16-5-4-9-7-10(14(18)19)2-3-11(9)16/h2-3,6-7H,4-5H2,1H3,(H,18,19). The molecule has 1 amide bonds. The van der Waals surface area contributed by atoms with Crippen molar-refractivity contribution in [2.75, 3.05) is 11.4 Å². The van der Waals surface area contributed by atoms with Gasteiger partial charge in [-0.05, 0) is 37.1 Å². The molecule has 0 unspecified atom stereocenters. The number of aryl methyl sites for hydroxylation is 1. The quantitative estimate of drug-likeness (QED) is 0.902. The zero-order valence-electron chi connectivity index (χ0n) is 10.8. The van der Waals surface area contributed by atoms with Crippen molar-refractivity contribution in [1.82, 2.24) is 5.16 Å². The normalized spacial score (nSPS) is 13.3. The molecule has 0 spiro atoms. The van der Waals surface area contributed by atoms with Gasteiger partial charge in [0.25, 0.3) is 5.91 Å². The third kappa shape index (κ3) is 1.95. The molecule has 1 aliphatic rings. The molecular weight excluding hydrogens is 260 g/mol. The number of carboxylic acid groups (broad SMARTS) is 1. The molecule has 1 N–H and O–H groups in total. The van der Waals surface area contributed by atoms with Crippen molar-refractivity contribution in [3.8, 4) is 0 Å². The Morgan fingerprint density at radius 1 is 1.35 bits per heavy atom. The molecule has 20 heavy (non-hydrogen) atoms. The van der Waals surface area contributed by atoms with Crippen LogP contribution in [0.4, 0.5) is 5.69 Å². The number of hydrogen-bond acceptors (Lipinski definition) is 4. The molecule has 1 aliphatic heterocycles. The summed E-state index contributed by atoms with van der Waals surface area (Å²) >= 11 is 0. The fraction of sp³-hybridized carbons (Fsp3) is 0.214. The number of carbonyl (C=O) groups excluding carboxylic acids is 1. The van der Waals surface area contributed by atoms with Crippen molar-refractivity contribution in [1.29, 1.82) is 0 Å². The van der Waals surface area contributed by atoms with Gasteiger partial charge in [0.15, 0.2) is 0 Å². The lowest BCUT2D eigenvalue weighted by Gasteiger charge is -2.15. The van der Waals surface area contributed by atoms with Gasteiger partial charge in [-0.1, -0.05) is 5.16 Å². The van der Waals surface area contributed by atoms with Gasteiger partial charge in [0.2, 0.25) is 5.76 Å². The van der Waals surface area contributed by atoms with Gasteiger partial charge in [-0.2, -0.15) is 0 Å². The van der Waals surface area contributed by atoms with Crippen molar-refractivity contribution < 1.29 is 19.2 Å². The minimum Gasteiger partial charge on any atom is -0.478 e. The molecule has 2 heterocycles. The molecule has 0 radical (unpaired) electrons. The highest BCUT2D eigenvalue weighted by atomic mass is 16.5. The van der Waals surface area contributed by atoms with Gasteiger partial charge in [0.05, 0.1) is 11.3 Å². The zero-order chi connectivity index (χ0) is 14.3. The minimum atomic E-state index is -0.969. The summed E-state index contributed by atoms with van der Waals surface area (Å²) in [5.41, 5.74) is 2.46. The van der Waals surface area contributed by atoms with Crippen LogP contribution in [-0.2, 0) is 6.42 Å². The lowest BCUT2D eigenvalue weighted by Crippen LogP contribution is -2.28. The summed E-state index contributed by atoms with van der Waals surface area (Å²) in [6.07, 6.45) is 0.634. The highest BCUT2D eigenvalue weighted by Crippen LogP contribution is 2.30. The van der Waals surface area contributed by atoms with E-state index in [-0.39, 0.29) is 17.2 Å². The number of amides is 1. The van der Waals surface area contributed by atoms with Gasteiger partial charge in [-0.25, -0.2) is 4.79 Å². The first kappa shape index (κ1) is 12.4. The van der Waals surface area contributed by atoms with Crippen LogP contribution in [-0.4, -0.2) is 28.7 Å². The van der Waals surface area contributed by atoms with Crippen LogP contribution in [0.25, 0.3) is 0 Å². The van der Waals surface area contributed by atoms with Gasteiger partial charge < -0.3 is 14.5 Å². The van der Waals surface area contributed by atoms with Crippen molar-refractivity contribution in [3.05, 3.63) is 46.8 Å². The SMILES string of the molecule is Cc1cc(C(=O)N2CCc3cc(C(=O)O)ccc32)on1. The predicted octanol–water partition coefficient (Wildman–Crippen LogP) is 1.88. The summed E-state index contributed by atoms with van der Waals surface area (Å²) in [5.74, 6) is -1.03. The Hall–Kier alpha value is -2.63. The van der Waals surface area contributed by atoms with Crippen LogP contribution in [0.1, 0.15) is 32.2 Å². The Bertz CT molecular complexity index is 705. The number of nitrogens with zero attached hydrogens (tertiary/aromatic N) is 2. The molecule has 0 atom stereocenters. The number of hydrogen-bond donors (Lipinski definition) is 1. The molecule has 1 aromatic carbocycles. The molecule has 0 bridgehead atoms. The van der Waals surface area contributed by atoms with Crippen LogP contribution < -0.4 is 4.90 Å². The third-order valence-corrected chi connectivity index (χ3v) is 3.31. The van der Waals surface area contributed by atoms with Crippen molar-refractivity contribution in [2.45, 2.75) is 13.3 Å². The number of fused-ring (bicyclic) bond motifs is 1. The summed E-state index contributed by atoms with van der Waals surface area (Å²) in [5, 5.41) is 12.7. The van der Waals surface area contributed by atoms with Crippen LogP contribution in [0.5, 0.6) is 0 Å². The molecule has 6 nitrogen and oxygen atoms in total. The second kappa shape index (κ2) is 4.48. The maximum absolute atomic E-state index is 12.3. The van der Waals surface area contributed by atoms with Gasteiger partial charge >= 0.3 is 5.97 Å². The Labute approximate surface area is 114 Å². The van der Waals surface area contributed by atoms with Crippen LogP contribution in [0.3, 0.4) is 0 Å². The van der Waals surface area contributed by atoms with Gasteiger partial charge in [-0.15, -0.1) is 0 Å². The lowest BCUT2D eigenvalue weighted by atomic mass is 10.1. The highest BCUT2D eigenvalue weighted by Gasteiger charge is 2.28. The number of carboxylic acids is 1. The van der Waals surface area contributed by atoms with E-state index in [1.54, 1.807) is 30.0 Å². The Kier molecular flexibility index (Phi) is 2.78. The van der Waals surface area contributed by atoms with Crippen LogP contribution in [0.15, 0.2) is 28.8 Å². The Balaban J connectivity index is 1.93. The maximum atomic E-state index is 12.3. The second-order valence-corrected chi connectivity index (χ2v) is 4.69. The third-order valence-electron chi connectivity index (χ3n) is 3.31. The maximum Gasteiger partial charge on any atom is 0.335 e. The van der Waals surface area contributed by atoms with E-state index < -0.39 is 5.97 Å². The molecule has 3 rings (SSSR count). The predicted molar refractivity (Wildman–Crippen MR) is 70.0 cm³/mol. The molecule has 0 saturated carbocycles. The first-order valence-corrected chi connectivity index (χ1v) is 6.17. The van der Waals surface area contributed by atoms with E-state index in [1.165, 1.54) is 6.07 Å². The minimum absolute atomic E-state index is 0.192. The average molecular weight is 272 g/mol. The number of benzene rings is 1. The van der Waals surface area contributed by atoms with Crippen molar-refractivity contribution in [2.24, 2.45) is 0 Å². The topological polar surface area (TPSA) is 83.6 Å².